The van der Waals surface area contributed by atoms with Crippen molar-refractivity contribution >= 4 is 35.8 Å². The standard InChI is InChI=1S/C17H22FN5.HI/c1-19-17(21-11-13-7-4-5-9-15(13)18)22-12-14-8-6-10-20-16(14)23(2)3;/h4-10H,11-12H2,1-3H3,(H2,19,21,22);1H. The lowest BCUT2D eigenvalue weighted by Gasteiger charge is -2.17. The first-order valence-electron chi connectivity index (χ1n) is 7.41. The van der Waals surface area contributed by atoms with Crippen LogP contribution in [0.1, 0.15) is 11.1 Å². The van der Waals surface area contributed by atoms with Crippen molar-refractivity contribution in [2.75, 3.05) is 26.0 Å². The van der Waals surface area contributed by atoms with Gasteiger partial charge in [-0.25, -0.2) is 9.37 Å². The Bertz CT molecular complexity index is 676. The van der Waals surface area contributed by atoms with Gasteiger partial charge in [-0.3, -0.25) is 4.99 Å². The summed E-state index contributed by atoms with van der Waals surface area (Å²) in [6.45, 7) is 0.957. The molecule has 24 heavy (non-hydrogen) atoms. The second-order valence-corrected chi connectivity index (χ2v) is 5.25. The molecule has 5 nitrogen and oxygen atoms in total. The average molecular weight is 443 g/mol. The third-order valence-corrected chi connectivity index (χ3v) is 3.37. The van der Waals surface area contributed by atoms with E-state index >= 15 is 0 Å². The zero-order chi connectivity index (χ0) is 16.7. The van der Waals surface area contributed by atoms with Crippen LogP contribution in [-0.2, 0) is 13.1 Å². The summed E-state index contributed by atoms with van der Waals surface area (Å²) in [6.07, 6.45) is 1.77. The van der Waals surface area contributed by atoms with E-state index in [1.807, 2.05) is 37.2 Å². The van der Waals surface area contributed by atoms with Gasteiger partial charge in [-0.15, -0.1) is 24.0 Å². The summed E-state index contributed by atoms with van der Waals surface area (Å²) < 4.78 is 13.6. The van der Waals surface area contributed by atoms with Gasteiger partial charge in [-0.2, -0.15) is 0 Å². The molecule has 0 aliphatic carbocycles. The number of guanidine groups is 1. The van der Waals surface area contributed by atoms with Gasteiger partial charge in [0.25, 0.3) is 0 Å². The number of pyridine rings is 1. The van der Waals surface area contributed by atoms with Crippen LogP contribution in [0.4, 0.5) is 10.2 Å². The van der Waals surface area contributed by atoms with E-state index in [-0.39, 0.29) is 29.8 Å². The Kier molecular flexibility index (Phi) is 8.45. The molecule has 1 heterocycles. The van der Waals surface area contributed by atoms with E-state index in [2.05, 4.69) is 20.6 Å². The van der Waals surface area contributed by atoms with E-state index < -0.39 is 0 Å². The summed E-state index contributed by atoms with van der Waals surface area (Å²) in [5.41, 5.74) is 1.66. The van der Waals surface area contributed by atoms with E-state index in [0.29, 0.717) is 24.6 Å². The average Bonchev–Trinajstić information content (AvgIpc) is 2.56. The number of halogens is 2. The summed E-state index contributed by atoms with van der Waals surface area (Å²) in [5, 5.41) is 6.33. The molecule has 0 aliphatic rings. The van der Waals surface area contributed by atoms with Crippen LogP contribution in [0.25, 0.3) is 0 Å². The molecule has 2 N–H and O–H groups in total. The number of hydrogen-bond donors (Lipinski definition) is 2. The monoisotopic (exact) mass is 443 g/mol. The third kappa shape index (κ3) is 5.63. The summed E-state index contributed by atoms with van der Waals surface area (Å²) >= 11 is 0. The van der Waals surface area contributed by atoms with Crippen molar-refractivity contribution in [3.05, 3.63) is 59.5 Å². The van der Waals surface area contributed by atoms with Crippen molar-refractivity contribution in [3.63, 3.8) is 0 Å². The van der Waals surface area contributed by atoms with E-state index in [1.54, 1.807) is 25.4 Å². The zero-order valence-corrected chi connectivity index (χ0v) is 16.4. The lowest BCUT2D eigenvalue weighted by atomic mass is 10.2. The lowest BCUT2D eigenvalue weighted by Crippen LogP contribution is -2.36. The molecular formula is C17H23FIN5. The molecule has 0 spiro atoms. The van der Waals surface area contributed by atoms with Gasteiger partial charge in [-0.05, 0) is 12.1 Å². The molecule has 0 radical (unpaired) electrons. The number of nitrogens with zero attached hydrogens (tertiary/aromatic N) is 3. The van der Waals surface area contributed by atoms with Crippen LogP contribution in [0.2, 0.25) is 0 Å². The quantitative estimate of drug-likeness (QED) is 0.424. The van der Waals surface area contributed by atoms with Gasteiger partial charge in [0.2, 0.25) is 0 Å². The van der Waals surface area contributed by atoms with Crippen LogP contribution >= 0.6 is 24.0 Å². The third-order valence-electron chi connectivity index (χ3n) is 3.37. The van der Waals surface area contributed by atoms with Gasteiger partial charge in [-0.1, -0.05) is 24.3 Å². The van der Waals surface area contributed by atoms with Crippen LogP contribution in [0.5, 0.6) is 0 Å². The van der Waals surface area contributed by atoms with Crippen molar-refractivity contribution in [2.24, 2.45) is 4.99 Å². The topological polar surface area (TPSA) is 52.6 Å². The van der Waals surface area contributed by atoms with Gasteiger partial charge in [0.15, 0.2) is 5.96 Å². The Labute approximate surface area is 159 Å². The normalized spacial score (nSPS) is 10.8. The minimum atomic E-state index is -0.224. The molecule has 1 aromatic carbocycles. The lowest BCUT2D eigenvalue weighted by molar-refractivity contribution is 0.604. The summed E-state index contributed by atoms with van der Waals surface area (Å²) in [7, 11) is 5.60. The highest BCUT2D eigenvalue weighted by molar-refractivity contribution is 14.0. The minimum absolute atomic E-state index is 0. The smallest absolute Gasteiger partial charge is 0.191 e. The summed E-state index contributed by atoms with van der Waals surface area (Å²) in [6, 6.07) is 10.6. The highest BCUT2D eigenvalue weighted by atomic mass is 127. The molecule has 0 unspecified atom stereocenters. The Balaban J connectivity index is 0.00000288. The Hall–Kier alpha value is -1.90. The maximum atomic E-state index is 13.6. The molecule has 0 atom stereocenters. The minimum Gasteiger partial charge on any atom is -0.362 e. The van der Waals surface area contributed by atoms with E-state index in [0.717, 1.165) is 11.4 Å². The Morgan fingerprint density at radius 2 is 1.71 bits per heavy atom. The first-order valence-corrected chi connectivity index (χ1v) is 7.41. The molecule has 2 rings (SSSR count). The largest absolute Gasteiger partial charge is 0.362 e. The van der Waals surface area contributed by atoms with Gasteiger partial charge in [0.1, 0.15) is 11.6 Å². The van der Waals surface area contributed by atoms with Crippen molar-refractivity contribution < 1.29 is 4.39 Å². The SMILES string of the molecule is CN=C(NCc1ccccc1F)NCc1cccnc1N(C)C.I. The number of nitrogens with one attached hydrogen (secondary N) is 2. The maximum absolute atomic E-state index is 13.6. The fourth-order valence-electron chi connectivity index (χ4n) is 2.19. The maximum Gasteiger partial charge on any atom is 0.191 e. The number of benzene rings is 1. The van der Waals surface area contributed by atoms with Crippen molar-refractivity contribution in [1.82, 2.24) is 15.6 Å². The number of aliphatic imine (C=N–C) groups is 1. The molecule has 130 valence electrons. The van der Waals surface area contributed by atoms with Gasteiger partial charge < -0.3 is 15.5 Å². The molecule has 7 heteroatoms. The Morgan fingerprint density at radius 3 is 2.33 bits per heavy atom. The second-order valence-electron chi connectivity index (χ2n) is 5.25. The van der Waals surface area contributed by atoms with Crippen molar-refractivity contribution in [2.45, 2.75) is 13.1 Å². The summed E-state index contributed by atoms with van der Waals surface area (Å²) in [4.78, 5) is 10.5. The zero-order valence-electron chi connectivity index (χ0n) is 14.1. The first-order chi connectivity index (χ1) is 11.1. The molecular weight excluding hydrogens is 420 g/mol. The van der Waals surface area contributed by atoms with Crippen LogP contribution in [0.3, 0.4) is 0 Å². The van der Waals surface area contributed by atoms with Crippen LogP contribution in [-0.4, -0.2) is 32.1 Å². The Morgan fingerprint density at radius 1 is 1.08 bits per heavy atom. The molecule has 2 aromatic rings. The molecule has 0 amide bonds. The van der Waals surface area contributed by atoms with Crippen molar-refractivity contribution in [3.8, 4) is 0 Å². The molecule has 0 aliphatic heterocycles. The number of aromatic nitrogens is 1. The van der Waals surface area contributed by atoms with E-state index in [1.165, 1.54) is 6.07 Å². The molecule has 0 fully saturated rings. The predicted octanol–water partition coefficient (Wildman–Crippen LogP) is 2.77. The summed E-state index contributed by atoms with van der Waals surface area (Å²) in [5.74, 6) is 1.30. The molecule has 0 bridgehead atoms. The highest BCUT2D eigenvalue weighted by Gasteiger charge is 2.07. The van der Waals surface area contributed by atoms with Crippen LogP contribution in [0, 0.1) is 5.82 Å². The van der Waals surface area contributed by atoms with Crippen molar-refractivity contribution in [1.29, 1.82) is 0 Å². The number of hydrogen-bond acceptors (Lipinski definition) is 3. The fourth-order valence-corrected chi connectivity index (χ4v) is 2.19. The van der Waals surface area contributed by atoms with E-state index in [4.69, 9.17) is 0 Å². The molecule has 0 saturated heterocycles. The van der Waals surface area contributed by atoms with Crippen LogP contribution < -0.4 is 15.5 Å². The number of rotatable bonds is 5. The van der Waals surface area contributed by atoms with Gasteiger partial charge >= 0.3 is 0 Å². The predicted molar refractivity (Wildman–Crippen MR) is 107 cm³/mol. The van der Waals surface area contributed by atoms with Gasteiger partial charge in [0, 0.05) is 51.6 Å². The van der Waals surface area contributed by atoms with Gasteiger partial charge in [0.05, 0.1) is 0 Å². The van der Waals surface area contributed by atoms with Crippen LogP contribution in [0.15, 0.2) is 47.6 Å². The first kappa shape index (κ1) is 20.1. The number of anilines is 1. The van der Waals surface area contributed by atoms with E-state index in [9.17, 15) is 4.39 Å². The fraction of sp³-hybridized carbons (Fsp3) is 0.294. The molecule has 0 saturated carbocycles. The second kappa shape index (κ2) is 10.1. The molecule has 1 aromatic heterocycles. The highest BCUT2D eigenvalue weighted by Crippen LogP contribution is 2.13.